The molecular weight excluding hydrogens is 344 g/mol. The van der Waals surface area contributed by atoms with Gasteiger partial charge < -0.3 is 4.74 Å². The van der Waals surface area contributed by atoms with Gasteiger partial charge in [0, 0.05) is 5.02 Å². The molecule has 0 radical (unpaired) electrons. The van der Waals surface area contributed by atoms with E-state index in [9.17, 15) is 0 Å². The van der Waals surface area contributed by atoms with Crippen molar-refractivity contribution in [1.82, 2.24) is 0 Å². The molecule has 1 N–H and O–H groups in total. The monoisotopic (exact) mass is 364 g/mol. The summed E-state index contributed by atoms with van der Waals surface area (Å²) in [5.74, 6) is 0.839. The molecule has 0 heterocycles. The molecule has 3 nitrogen and oxygen atoms in total. The summed E-state index contributed by atoms with van der Waals surface area (Å²) in [4.78, 5) is 0. The molecule has 0 saturated carbocycles. The molecular formula is C22H21ClN2O. The van der Waals surface area contributed by atoms with Crippen molar-refractivity contribution in [1.29, 1.82) is 0 Å². The minimum atomic E-state index is 0.567. The highest BCUT2D eigenvalue weighted by Crippen LogP contribution is 2.17. The summed E-state index contributed by atoms with van der Waals surface area (Å²) in [7, 11) is 0. The number of aryl methyl sites for hydroxylation is 2. The van der Waals surface area contributed by atoms with Crippen molar-refractivity contribution in [2.45, 2.75) is 20.5 Å². The largest absolute Gasteiger partial charge is 0.489 e. The lowest BCUT2D eigenvalue weighted by atomic mass is 10.1. The van der Waals surface area contributed by atoms with E-state index in [2.05, 4.69) is 42.6 Å². The minimum absolute atomic E-state index is 0.567. The quantitative estimate of drug-likeness (QED) is 0.431. The number of benzene rings is 3. The van der Waals surface area contributed by atoms with Gasteiger partial charge in [-0.25, -0.2) is 0 Å². The van der Waals surface area contributed by atoms with Crippen LogP contribution in [0.1, 0.15) is 22.3 Å². The molecule has 3 rings (SSSR count). The van der Waals surface area contributed by atoms with Crippen molar-refractivity contribution in [3.8, 4) is 5.75 Å². The van der Waals surface area contributed by atoms with E-state index < -0.39 is 0 Å². The third-order valence-corrected chi connectivity index (χ3v) is 4.25. The van der Waals surface area contributed by atoms with E-state index in [4.69, 9.17) is 16.3 Å². The molecule has 4 heteroatoms. The van der Waals surface area contributed by atoms with Gasteiger partial charge in [-0.3, -0.25) is 5.43 Å². The fourth-order valence-corrected chi connectivity index (χ4v) is 2.70. The Balaban J connectivity index is 1.56. The normalized spacial score (nSPS) is 10.9. The van der Waals surface area contributed by atoms with Crippen molar-refractivity contribution in [3.05, 3.63) is 94.0 Å². The number of halogens is 1. The first-order valence-electron chi connectivity index (χ1n) is 8.44. The third-order valence-electron chi connectivity index (χ3n) is 4.01. The van der Waals surface area contributed by atoms with E-state index in [1.165, 1.54) is 16.7 Å². The zero-order valence-electron chi connectivity index (χ0n) is 14.9. The second-order valence-corrected chi connectivity index (χ2v) is 6.60. The molecule has 0 spiro atoms. The lowest BCUT2D eigenvalue weighted by Gasteiger charge is -2.10. The van der Waals surface area contributed by atoms with Crippen LogP contribution in [0.2, 0.25) is 5.02 Å². The maximum atomic E-state index is 5.94. The van der Waals surface area contributed by atoms with Crippen LogP contribution in [0.15, 0.2) is 71.8 Å². The summed E-state index contributed by atoms with van der Waals surface area (Å²) in [6, 6.07) is 21.7. The summed E-state index contributed by atoms with van der Waals surface area (Å²) >= 11 is 5.94. The highest BCUT2D eigenvalue weighted by atomic mass is 35.5. The van der Waals surface area contributed by atoms with E-state index in [1.54, 1.807) is 6.21 Å². The van der Waals surface area contributed by atoms with E-state index in [0.29, 0.717) is 11.6 Å². The van der Waals surface area contributed by atoms with Crippen LogP contribution in [0.4, 0.5) is 5.69 Å². The van der Waals surface area contributed by atoms with Crippen LogP contribution in [0.5, 0.6) is 5.75 Å². The lowest BCUT2D eigenvalue weighted by Crippen LogP contribution is -1.98. The van der Waals surface area contributed by atoms with Crippen molar-refractivity contribution >= 4 is 23.5 Å². The summed E-state index contributed by atoms with van der Waals surface area (Å²) < 4.78 is 5.90. The van der Waals surface area contributed by atoms with Crippen LogP contribution < -0.4 is 10.2 Å². The molecule has 0 unspecified atom stereocenters. The van der Waals surface area contributed by atoms with E-state index in [1.807, 2.05) is 48.5 Å². The first kappa shape index (κ1) is 18.0. The predicted octanol–water partition coefficient (Wildman–Crippen LogP) is 5.98. The van der Waals surface area contributed by atoms with E-state index in [0.717, 1.165) is 17.0 Å². The van der Waals surface area contributed by atoms with Gasteiger partial charge >= 0.3 is 0 Å². The SMILES string of the molecule is Cc1ccc(C)c(COc2ccc(C=NNc3cccc(Cl)c3)cc2)c1. The fourth-order valence-electron chi connectivity index (χ4n) is 2.51. The van der Waals surface area contributed by atoms with Crippen LogP contribution in [0.3, 0.4) is 0 Å². The number of nitrogens with one attached hydrogen (secondary N) is 1. The van der Waals surface area contributed by atoms with Crippen molar-refractivity contribution in [2.24, 2.45) is 5.10 Å². The van der Waals surface area contributed by atoms with Gasteiger partial charge in [0.25, 0.3) is 0 Å². The number of anilines is 1. The highest BCUT2D eigenvalue weighted by Gasteiger charge is 2.01. The lowest BCUT2D eigenvalue weighted by molar-refractivity contribution is 0.305. The van der Waals surface area contributed by atoms with Gasteiger partial charge in [0.2, 0.25) is 0 Å². The predicted molar refractivity (Wildman–Crippen MR) is 109 cm³/mol. The molecule has 0 aromatic heterocycles. The second-order valence-electron chi connectivity index (χ2n) is 6.17. The zero-order chi connectivity index (χ0) is 18.4. The molecule has 132 valence electrons. The number of hydrogen-bond acceptors (Lipinski definition) is 3. The van der Waals surface area contributed by atoms with E-state index >= 15 is 0 Å². The Bertz CT molecular complexity index is 904. The molecule has 3 aromatic carbocycles. The van der Waals surface area contributed by atoms with Crippen molar-refractivity contribution in [2.75, 3.05) is 5.43 Å². The number of ether oxygens (including phenoxy) is 1. The van der Waals surface area contributed by atoms with Gasteiger partial charge in [-0.2, -0.15) is 5.10 Å². The Hall–Kier alpha value is -2.78. The van der Waals surface area contributed by atoms with Gasteiger partial charge in [-0.05, 0) is 73.0 Å². The average Bonchev–Trinajstić information content (AvgIpc) is 2.64. The topological polar surface area (TPSA) is 33.6 Å². The Kier molecular flexibility index (Phi) is 5.92. The molecule has 26 heavy (non-hydrogen) atoms. The number of nitrogens with zero attached hydrogens (tertiary/aromatic N) is 1. The third kappa shape index (κ3) is 5.11. The Morgan fingerprint density at radius 2 is 1.81 bits per heavy atom. The standard InChI is InChI=1S/C22H21ClN2O/c1-16-6-7-17(2)19(12-16)15-26-22-10-8-18(9-11-22)14-24-25-21-5-3-4-20(23)13-21/h3-14,25H,15H2,1-2H3. The Morgan fingerprint density at radius 3 is 2.58 bits per heavy atom. The van der Waals surface area contributed by atoms with Gasteiger partial charge in [-0.15, -0.1) is 0 Å². The van der Waals surface area contributed by atoms with Crippen molar-refractivity contribution in [3.63, 3.8) is 0 Å². The minimum Gasteiger partial charge on any atom is -0.489 e. The molecule has 0 bridgehead atoms. The van der Waals surface area contributed by atoms with Gasteiger partial charge in [-0.1, -0.05) is 41.4 Å². The van der Waals surface area contributed by atoms with Crippen LogP contribution >= 0.6 is 11.6 Å². The summed E-state index contributed by atoms with van der Waals surface area (Å²) in [5.41, 5.74) is 8.49. The second kappa shape index (κ2) is 8.54. The molecule has 0 fully saturated rings. The molecule has 3 aromatic rings. The highest BCUT2D eigenvalue weighted by molar-refractivity contribution is 6.30. The van der Waals surface area contributed by atoms with Gasteiger partial charge in [0.05, 0.1) is 11.9 Å². The average molecular weight is 365 g/mol. The fraction of sp³-hybridized carbons (Fsp3) is 0.136. The molecule has 0 aliphatic rings. The van der Waals surface area contributed by atoms with Crippen LogP contribution in [-0.2, 0) is 6.61 Å². The number of hydrazone groups is 1. The van der Waals surface area contributed by atoms with Crippen LogP contribution in [0, 0.1) is 13.8 Å². The van der Waals surface area contributed by atoms with Gasteiger partial charge in [0.15, 0.2) is 0 Å². The summed E-state index contributed by atoms with van der Waals surface area (Å²) in [5, 5.41) is 4.90. The summed E-state index contributed by atoms with van der Waals surface area (Å²) in [6.45, 7) is 4.76. The molecule has 0 saturated heterocycles. The molecule has 0 amide bonds. The Labute approximate surface area is 159 Å². The maximum absolute atomic E-state index is 5.94. The maximum Gasteiger partial charge on any atom is 0.119 e. The first-order chi connectivity index (χ1) is 12.6. The van der Waals surface area contributed by atoms with Crippen molar-refractivity contribution < 1.29 is 4.74 Å². The molecule has 0 atom stereocenters. The molecule has 0 aliphatic heterocycles. The zero-order valence-corrected chi connectivity index (χ0v) is 15.6. The number of hydrogen-bond donors (Lipinski definition) is 1. The van der Waals surface area contributed by atoms with Gasteiger partial charge in [0.1, 0.15) is 12.4 Å². The van der Waals surface area contributed by atoms with Crippen LogP contribution in [-0.4, -0.2) is 6.21 Å². The molecule has 0 aliphatic carbocycles. The number of rotatable bonds is 6. The van der Waals surface area contributed by atoms with E-state index in [-0.39, 0.29) is 0 Å². The van der Waals surface area contributed by atoms with Crippen LogP contribution in [0.25, 0.3) is 0 Å². The first-order valence-corrected chi connectivity index (χ1v) is 8.81. The summed E-state index contributed by atoms with van der Waals surface area (Å²) in [6.07, 6.45) is 1.76. The Morgan fingerprint density at radius 1 is 1.00 bits per heavy atom. The smallest absolute Gasteiger partial charge is 0.119 e.